The van der Waals surface area contributed by atoms with Crippen LogP contribution in [-0.2, 0) is 6.18 Å². The van der Waals surface area contributed by atoms with Crippen molar-refractivity contribution in [3.05, 3.63) is 64.4 Å². The standard InChI is InChI=1S/C25H22ClF3N6O2/c26-17-4-2-16(3-5-17)23(37)34-9-7-33(8-10-34)20-13-35(14-21(20)36)22-18-11-15(12-30)1-6-19(18)31-24(32-22)25(27,28)29/h1-6,11,20-21,36H,7-10,13-14H2/t20-,21-/m1/s1. The second-order valence-electron chi connectivity index (χ2n) is 9.09. The Morgan fingerprint density at radius 2 is 1.76 bits per heavy atom. The summed E-state index contributed by atoms with van der Waals surface area (Å²) in [5, 5.41) is 21.0. The molecule has 1 amide bonds. The molecule has 0 bridgehead atoms. The molecule has 0 saturated carbocycles. The van der Waals surface area contributed by atoms with Crippen LogP contribution >= 0.6 is 11.6 Å². The Hall–Kier alpha value is -3.46. The quantitative estimate of drug-likeness (QED) is 0.555. The molecule has 192 valence electrons. The first-order valence-electron chi connectivity index (χ1n) is 11.6. The first-order chi connectivity index (χ1) is 17.6. The van der Waals surface area contributed by atoms with Crippen LogP contribution in [0.15, 0.2) is 42.5 Å². The lowest BCUT2D eigenvalue weighted by atomic mass is 10.1. The van der Waals surface area contributed by atoms with E-state index < -0.39 is 18.1 Å². The SMILES string of the molecule is N#Cc1ccc2nc(C(F)(F)F)nc(N3C[C@@H](O)[C@H](N4CCN(C(=O)c5ccc(Cl)cc5)CC4)C3)c2c1. The molecular weight excluding hydrogens is 509 g/mol. The molecule has 3 heterocycles. The van der Waals surface area contributed by atoms with Gasteiger partial charge in [-0.3, -0.25) is 9.69 Å². The monoisotopic (exact) mass is 530 g/mol. The highest BCUT2D eigenvalue weighted by Crippen LogP contribution is 2.34. The van der Waals surface area contributed by atoms with Gasteiger partial charge in [-0.15, -0.1) is 0 Å². The lowest BCUT2D eigenvalue weighted by molar-refractivity contribution is -0.144. The number of carbonyl (C=O) groups excluding carboxylic acids is 1. The minimum Gasteiger partial charge on any atom is -0.390 e. The number of hydrogen-bond acceptors (Lipinski definition) is 7. The highest BCUT2D eigenvalue weighted by Gasteiger charge is 2.40. The van der Waals surface area contributed by atoms with Crippen molar-refractivity contribution in [3.8, 4) is 6.07 Å². The molecule has 37 heavy (non-hydrogen) atoms. The van der Waals surface area contributed by atoms with E-state index in [2.05, 4.69) is 9.97 Å². The summed E-state index contributed by atoms with van der Waals surface area (Å²) < 4.78 is 40.6. The van der Waals surface area contributed by atoms with Gasteiger partial charge in [0, 0.05) is 55.2 Å². The van der Waals surface area contributed by atoms with Crippen LogP contribution in [0.2, 0.25) is 5.02 Å². The minimum atomic E-state index is -4.75. The number of aliphatic hydroxyl groups excluding tert-OH is 1. The number of alkyl halides is 3. The normalized spacial score (nSPS) is 20.9. The van der Waals surface area contributed by atoms with Gasteiger partial charge in [-0.1, -0.05) is 11.6 Å². The highest BCUT2D eigenvalue weighted by atomic mass is 35.5. The minimum absolute atomic E-state index is 0.0347. The topological polar surface area (TPSA) is 96.6 Å². The highest BCUT2D eigenvalue weighted by molar-refractivity contribution is 6.30. The van der Waals surface area contributed by atoms with Crippen LogP contribution in [0.4, 0.5) is 19.0 Å². The van der Waals surface area contributed by atoms with Crippen molar-refractivity contribution in [2.24, 2.45) is 0 Å². The van der Waals surface area contributed by atoms with Crippen LogP contribution in [0, 0.1) is 11.3 Å². The average Bonchev–Trinajstić information content (AvgIpc) is 3.28. The van der Waals surface area contributed by atoms with E-state index >= 15 is 0 Å². The molecule has 2 aromatic carbocycles. The lowest BCUT2D eigenvalue weighted by Gasteiger charge is -2.38. The molecule has 1 N–H and O–H groups in total. The first kappa shape index (κ1) is 25.2. The van der Waals surface area contributed by atoms with E-state index in [9.17, 15) is 28.3 Å². The number of anilines is 1. The van der Waals surface area contributed by atoms with Gasteiger partial charge >= 0.3 is 6.18 Å². The lowest BCUT2D eigenvalue weighted by Crippen LogP contribution is -2.54. The summed E-state index contributed by atoms with van der Waals surface area (Å²) in [6, 6.07) is 12.5. The third-order valence-electron chi connectivity index (χ3n) is 6.78. The number of amides is 1. The number of aliphatic hydroxyl groups is 1. The van der Waals surface area contributed by atoms with Gasteiger partial charge in [0.25, 0.3) is 5.91 Å². The van der Waals surface area contributed by atoms with Crippen molar-refractivity contribution in [2.75, 3.05) is 44.2 Å². The van der Waals surface area contributed by atoms with Crippen LogP contribution in [0.1, 0.15) is 21.7 Å². The molecular formula is C25H22ClF3N6O2. The van der Waals surface area contributed by atoms with Crippen molar-refractivity contribution in [1.29, 1.82) is 5.26 Å². The van der Waals surface area contributed by atoms with Crippen LogP contribution in [0.5, 0.6) is 0 Å². The molecule has 0 spiro atoms. The largest absolute Gasteiger partial charge is 0.451 e. The molecule has 0 unspecified atom stereocenters. The maximum absolute atomic E-state index is 13.5. The fraction of sp³-hybridized carbons (Fsp3) is 0.360. The number of rotatable bonds is 3. The van der Waals surface area contributed by atoms with Gasteiger partial charge in [0.2, 0.25) is 5.82 Å². The summed E-state index contributed by atoms with van der Waals surface area (Å²) in [5.74, 6) is -1.34. The summed E-state index contributed by atoms with van der Waals surface area (Å²) in [4.78, 5) is 25.7. The van der Waals surface area contributed by atoms with E-state index in [1.165, 1.54) is 18.2 Å². The second kappa shape index (κ2) is 9.78. The van der Waals surface area contributed by atoms with Gasteiger partial charge in [-0.25, -0.2) is 9.97 Å². The third kappa shape index (κ3) is 5.05. The molecule has 8 nitrogen and oxygen atoms in total. The molecule has 2 aliphatic heterocycles. The summed E-state index contributed by atoms with van der Waals surface area (Å²) >= 11 is 5.90. The van der Waals surface area contributed by atoms with E-state index in [1.54, 1.807) is 34.1 Å². The summed E-state index contributed by atoms with van der Waals surface area (Å²) in [7, 11) is 0. The second-order valence-corrected chi connectivity index (χ2v) is 9.52. The predicted molar refractivity (Wildman–Crippen MR) is 130 cm³/mol. The van der Waals surface area contributed by atoms with E-state index in [0.717, 1.165) is 0 Å². The molecule has 2 atom stereocenters. The number of nitriles is 1. The summed E-state index contributed by atoms with van der Waals surface area (Å²) in [6.07, 6.45) is -5.58. The molecule has 2 fully saturated rings. The number of nitrogens with zero attached hydrogens (tertiary/aromatic N) is 6. The third-order valence-corrected chi connectivity index (χ3v) is 7.03. The Labute approximate surface area is 215 Å². The Balaban J connectivity index is 1.34. The summed E-state index contributed by atoms with van der Waals surface area (Å²) in [6.45, 7) is 2.23. The van der Waals surface area contributed by atoms with Crippen molar-refractivity contribution in [1.82, 2.24) is 19.8 Å². The van der Waals surface area contributed by atoms with Gasteiger partial charge in [0.05, 0.1) is 29.3 Å². The number of hydrogen-bond donors (Lipinski definition) is 1. The number of carbonyl (C=O) groups is 1. The fourth-order valence-corrected chi connectivity index (χ4v) is 5.01. The number of benzene rings is 2. The molecule has 0 radical (unpaired) electrons. The number of aromatic nitrogens is 2. The average molecular weight is 531 g/mol. The summed E-state index contributed by atoms with van der Waals surface area (Å²) in [5.41, 5.74) is 0.885. The van der Waals surface area contributed by atoms with Crippen LogP contribution in [0.25, 0.3) is 10.9 Å². The van der Waals surface area contributed by atoms with Crippen LogP contribution in [-0.4, -0.2) is 82.2 Å². The molecule has 12 heteroatoms. The molecule has 2 aliphatic rings. The van der Waals surface area contributed by atoms with Gasteiger partial charge in [0.1, 0.15) is 5.82 Å². The van der Waals surface area contributed by atoms with Crippen molar-refractivity contribution in [3.63, 3.8) is 0 Å². The first-order valence-corrected chi connectivity index (χ1v) is 12.0. The van der Waals surface area contributed by atoms with Gasteiger partial charge in [0.15, 0.2) is 0 Å². The number of β-amino-alcohol motifs (C(OH)–C–C–N with tert-alkyl or cyclic N) is 1. The molecule has 3 aromatic rings. The zero-order valence-corrected chi connectivity index (χ0v) is 20.2. The van der Waals surface area contributed by atoms with Crippen molar-refractivity contribution >= 4 is 34.2 Å². The van der Waals surface area contributed by atoms with Crippen LogP contribution < -0.4 is 4.90 Å². The predicted octanol–water partition coefficient (Wildman–Crippen LogP) is 3.18. The Kier molecular flexibility index (Phi) is 6.66. The Bertz CT molecular complexity index is 1370. The number of fused-ring (bicyclic) bond motifs is 1. The van der Waals surface area contributed by atoms with Gasteiger partial charge < -0.3 is 14.9 Å². The van der Waals surface area contributed by atoms with E-state index in [0.29, 0.717) is 42.2 Å². The van der Waals surface area contributed by atoms with Gasteiger partial charge in [-0.2, -0.15) is 18.4 Å². The van der Waals surface area contributed by atoms with E-state index in [1.807, 2.05) is 11.0 Å². The molecule has 0 aliphatic carbocycles. The van der Waals surface area contributed by atoms with Crippen LogP contribution in [0.3, 0.4) is 0 Å². The van der Waals surface area contributed by atoms with Crippen molar-refractivity contribution < 1.29 is 23.1 Å². The Morgan fingerprint density at radius 1 is 1.05 bits per heavy atom. The van der Waals surface area contributed by atoms with Crippen molar-refractivity contribution in [2.45, 2.75) is 18.3 Å². The van der Waals surface area contributed by atoms with Gasteiger partial charge in [-0.05, 0) is 42.5 Å². The van der Waals surface area contributed by atoms with E-state index in [-0.39, 0.29) is 41.9 Å². The molecule has 5 rings (SSSR count). The smallest absolute Gasteiger partial charge is 0.390 e. The number of piperazine rings is 1. The molecule has 1 aromatic heterocycles. The maximum atomic E-state index is 13.5. The molecule has 2 saturated heterocycles. The Morgan fingerprint density at radius 3 is 2.41 bits per heavy atom. The number of halogens is 4. The maximum Gasteiger partial charge on any atom is 0.451 e. The zero-order valence-electron chi connectivity index (χ0n) is 19.5. The fourth-order valence-electron chi connectivity index (χ4n) is 4.88. The van der Waals surface area contributed by atoms with E-state index in [4.69, 9.17) is 11.6 Å². The zero-order chi connectivity index (χ0) is 26.3.